The van der Waals surface area contributed by atoms with Gasteiger partial charge in [-0.3, -0.25) is 0 Å². The summed E-state index contributed by atoms with van der Waals surface area (Å²) in [7, 11) is 0. The zero-order valence-electron chi connectivity index (χ0n) is 11.7. The van der Waals surface area contributed by atoms with E-state index in [1.54, 1.807) is 0 Å². The lowest BCUT2D eigenvalue weighted by Gasteiger charge is -2.23. The van der Waals surface area contributed by atoms with E-state index in [2.05, 4.69) is 39.6 Å². The molecule has 4 rings (SSSR count). The van der Waals surface area contributed by atoms with Crippen LogP contribution in [0.25, 0.3) is 0 Å². The molecule has 3 heteroatoms. The lowest BCUT2D eigenvalue weighted by atomic mass is 9.82. The molecule has 1 aromatic heterocycles. The van der Waals surface area contributed by atoms with Crippen LogP contribution in [-0.4, -0.2) is 16.0 Å². The predicted octanol–water partition coefficient (Wildman–Crippen LogP) is 3.13. The molecule has 1 heterocycles. The molecule has 1 fully saturated rings. The second kappa shape index (κ2) is 5.06. The Morgan fingerprint density at radius 3 is 3.00 bits per heavy atom. The van der Waals surface area contributed by atoms with E-state index in [4.69, 9.17) is 0 Å². The van der Waals surface area contributed by atoms with Gasteiger partial charge in [0.15, 0.2) is 0 Å². The number of nitrogens with one attached hydrogen (secondary N) is 2. The molecule has 2 aliphatic rings. The Kier molecular flexibility index (Phi) is 3.07. The molecule has 20 heavy (non-hydrogen) atoms. The van der Waals surface area contributed by atoms with Gasteiger partial charge in [-0.05, 0) is 43.2 Å². The van der Waals surface area contributed by atoms with Crippen molar-refractivity contribution in [1.82, 2.24) is 15.3 Å². The number of nitrogens with zero attached hydrogens (tertiary/aromatic N) is 1. The highest BCUT2D eigenvalue weighted by atomic mass is 15.0. The van der Waals surface area contributed by atoms with E-state index in [-0.39, 0.29) is 0 Å². The number of rotatable bonds is 4. The highest BCUT2D eigenvalue weighted by Gasteiger charge is 2.24. The summed E-state index contributed by atoms with van der Waals surface area (Å²) in [5, 5.41) is 3.54. The Morgan fingerprint density at radius 1 is 1.20 bits per heavy atom. The van der Waals surface area contributed by atoms with Crippen LogP contribution in [-0.2, 0) is 13.0 Å². The van der Waals surface area contributed by atoms with Crippen LogP contribution in [0.2, 0.25) is 0 Å². The average Bonchev–Trinajstić information content (AvgIpc) is 3.21. The molecule has 1 atom stereocenters. The van der Waals surface area contributed by atoms with Crippen molar-refractivity contribution in [2.75, 3.05) is 0 Å². The third-order valence-corrected chi connectivity index (χ3v) is 4.51. The SMILES string of the molecule is c1ccc2c(c1)CCCC2c1ncc(CNC2CC2)[nH]1. The van der Waals surface area contributed by atoms with Gasteiger partial charge in [-0.1, -0.05) is 24.3 Å². The van der Waals surface area contributed by atoms with Crippen LogP contribution in [0.15, 0.2) is 30.5 Å². The van der Waals surface area contributed by atoms with E-state index in [1.165, 1.54) is 48.9 Å². The molecule has 1 aromatic carbocycles. The number of aryl methyl sites for hydroxylation is 1. The van der Waals surface area contributed by atoms with Gasteiger partial charge in [-0.15, -0.1) is 0 Å². The molecule has 2 aliphatic carbocycles. The van der Waals surface area contributed by atoms with E-state index in [0.717, 1.165) is 18.4 Å². The average molecular weight is 267 g/mol. The maximum absolute atomic E-state index is 4.64. The van der Waals surface area contributed by atoms with Gasteiger partial charge >= 0.3 is 0 Å². The first-order valence-electron chi connectivity index (χ1n) is 7.75. The summed E-state index contributed by atoms with van der Waals surface area (Å²) < 4.78 is 0. The summed E-state index contributed by atoms with van der Waals surface area (Å²) in [5.74, 6) is 1.60. The monoisotopic (exact) mass is 267 g/mol. The number of hydrogen-bond donors (Lipinski definition) is 2. The van der Waals surface area contributed by atoms with Gasteiger partial charge in [0.25, 0.3) is 0 Å². The van der Waals surface area contributed by atoms with Crippen LogP contribution < -0.4 is 5.32 Å². The maximum Gasteiger partial charge on any atom is 0.113 e. The van der Waals surface area contributed by atoms with Gasteiger partial charge < -0.3 is 10.3 Å². The summed E-state index contributed by atoms with van der Waals surface area (Å²) in [4.78, 5) is 8.17. The molecule has 0 saturated heterocycles. The molecule has 3 nitrogen and oxygen atoms in total. The summed E-state index contributed by atoms with van der Waals surface area (Å²) in [6.07, 6.45) is 8.34. The largest absolute Gasteiger partial charge is 0.344 e. The van der Waals surface area contributed by atoms with Crippen LogP contribution >= 0.6 is 0 Å². The van der Waals surface area contributed by atoms with Crippen molar-refractivity contribution in [2.24, 2.45) is 0 Å². The fraction of sp³-hybridized carbons (Fsp3) is 0.471. The Morgan fingerprint density at radius 2 is 2.10 bits per heavy atom. The third-order valence-electron chi connectivity index (χ3n) is 4.51. The molecule has 104 valence electrons. The number of aromatic nitrogens is 2. The normalized spacial score (nSPS) is 21.7. The number of fused-ring (bicyclic) bond motifs is 1. The van der Waals surface area contributed by atoms with E-state index in [9.17, 15) is 0 Å². The molecular weight excluding hydrogens is 246 g/mol. The molecule has 0 amide bonds. The minimum atomic E-state index is 0.453. The van der Waals surface area contributed by atoms with Gasteiger partial charge in [-0.2, -0.15) is 0 Å². The molecule has 0 aliphatic heterocycles. The summed E-state index contributed by atoms with van der Waals surface area (Å²) in [5.41, 5.74) is 4.18. The standard InChI is InChI=1S/C17H21N3/c1-2-6-15-12(4-1)5-3-7-16(15)17-19-11-14(20-17)10-18-13-8-9-13/h1-2,4,6,11,13,16,18H,3,5,7-10H2,(H,19,20). The molecule has 2 aromatic rings. The molecule has 2 N–H and O–H groups in total. The van der Waals surface area contributed by atoms with Gasteiger partial charge in [0.05, 0.1) is 0 Å². The predicted molar refractivity (Wildman–Crippen MR) is 79.7 cm³/mol. The number of benzene rings is 1. The Labute approximate surface area is 119 Å². The topological polar surface area (TPSA) is 40.7 Å². The van der Waals surface area contributed by atoms with Crippen molar-refractivity contribution in [1.29, 1.82) is 0 Å². The summed E-state index contributed by atoms with van der Waals surface area (Å²) in [6, 6.07) is 9.57. The Balaban J connectivity index is 1.55. The van der Waals surface area contributed by atoms with Gasteiger partial charge in [0.1, 0.15) is 5.82 Å². The Hall–Kier alpha value is -1.61. The highest BCUT2D eigenvalue weighted by Crippen LogP contribution is 2.35. The quantitative estimate of drug-likeness (QED) is 0.893. The molecule has 1 saturated carbocycles. The first-order chi connectivity index (χ1) is 9.90. The first kappa shape index (κ1) is 12.2. The smallest absolute Gasteiger partial charge is 0.113 e. The number of imidazole rings is 1. The fourth-order valence-corrected chi connectivity index (χ4v) is 3.22. The van der Waals surface area contributed by atoms with E-state index < -0.39 is 0 Å². The minimum absolute atomic E-state index is 0.453. The fourth-order valence-electron chi connectivity index (χ4n) is 3.22. The molecular formula is C17H21N3. The Bertz CT molecular complexity index is 598. The van der Waals surface area contributed by atoms with E-state index in [0.29, 0.717) is 5.92 Å². The van der Waals surface area contributed by atoms with Crippen molar-refractivity contribution < 1.29 is 0 Å². The van der Waals surface area contributed by atoms with Crippen LogP contribution in [0.1, 0.15) is 54.2 Å². The maximum atomic E-state index is 4.64. The van der Waals surface area contributed by atoms with Gasteiger partial charge in [0.2, 0.25) is 0 Å². The lowest BCUT2D eigenvalue weighted by Crippen LogP contribution is -2.16. The minimum Gasteiger partial charge on any atom is -0.344 e. The third kappa shape index (κ3) is 2.38. The van der Waals surface area contributed by atoms with Crippen LogP contribution in [0.4, 0.5) is 0 Å². The highest BCUT2D eigenvalue weighted by molar-refractivity contribution is 5.36. The second-order valence-electron chi connectivity index (χ2n) is 6.09. The van der Waals surface area contributed by atoms with Crippen LogP contribution in [0.3, 0.4) is 0 Å². The lowest BCUT2D eigenvalue weighted by molar-refractivity contribution is 0.592. The second-order valence-corrected chi connectivity index (χ2v) is 6.09. The van der Waals surface area contributed by atoms with Gasteiger partial charge in [0, 0.05) is 30.4 Å². The van der Waals surface area contributed by atoms with E-state index >= 15 is 0 Å². The van der Waals surface area contributed by atoms with E-state index in [1.807, 2.05) is 6.20 Å². The number of aromatic amines is 1. The molecule has 0 bridgehead atoms. The van der Waals surface area contributed by atoms with Crippen molar-refractivity contribution in [2.45, 2.75) is 50.6 Å². The summed E-state index contributed by atoms with van der Waals surface area (Å²) >= 11 is 0. The van der Waals surface area contributed by atoms with Crippen molar-refractivity contribution >= 4 is 0 Å². The van der Waals surface area contributed by atoms with Crippen LogP contribution in [0.5, 0.6) is 0 Å². The number of H-pyrrole nitrogens is 1. The van der Waals surface area contributed by atoms with Crippen molar-refractivity contribution in [3.05, 3.63) is 53.1 Å². The zero-order valence-corrected chi connectivity index (χ0v) is 11.7. The summed E-state index contributed by atoms with van der Waals surface area (Å²) in [6.45, 7) is 0.923. The first-order valence-corrected chi connectivity index (χ1v) is 7.75. The molecule has 1 unspecified atom stereocenters. The van der Waals surface area contributed by atoms with Crippen molar-refractivity contribution in [3.8, 4) is 0 Å². The number of hydrogen-bond acceptors (Lipinski definition) is 2. The molecule has 0 spiro atoms. The molecule has 0 radical (unpaired) electrons. The van der Waals surface area contributed by atoms with Crippen molar-refractivity contribution in [3.63, 3.8) is 0 Å². The zero-order chi connectivity index (χ0) is 13.4. The van der Waals surface area contributed by atoms with Crippen LogP contribution in [0, 0.1) is 0 Å². The van der Waals surface area contributed by atoms with Gasteiger partial charge in [-0.25, -0.2) is 4.98 Å².